The molecule has 0 aromatic rings. The second kappa shape index (κ2) is 19.2. The van der Waals surface area contributed by atoms with Crippen LogP contribution in [-0.4, -0.2) is 118 Å². The average Bonchev–Trinajstić information content (AvgIpc) is 3.85. The molecule has 1 N–H and O–H groups in total. The quantitative estimate of drug-likeness (QED) is 0.0897. The topological polar surface area (TPSA) is 134 Å². The van der Waals surface area contributed by atoms with Gasteiger partial charge in [0, 0.05) is 72.7 Å². The van der Waals surface area contributed by atoms with Gasteiger partial charge in [0.1, 0.15) is 6.10 Å². The molecule has 2 saturated heterocycles. The van der Waals surface area contributed by atoms with E-state index in [-0.39, 0.29) is 43.0 Å². The van der Waals surface area contributed by atoms with E-state index in [9.17, 15) is 14.4 Å². The number of nitrogens with zero attached hydrogens (tertiary/aromatic N) is 1. The molecule has 3 rings (SSSR count). The van der Waals surface area contributed by atoms with E-state index < -0.39 is 47.5 Å². The highest BCUT2D eigenvalue weighted by atomic mass is 16.6. The summed E-state index contributed by atoms with van der Waals surface area (Å²) in [7, 11) is 4.97. The highest BCUT2D eigenvalue weighted by molar-refractivity contribution is 5.71. The Morgan fingerprint density at radius 2 is 1.88 bits per heavy atom. The highest BCUT2D eigenvalue weighted by Gasteiger charge is 2.48. The number of piperazine rings is 1. The summed E-state index contributed by atoms with van der Waals surface area (Å²) in [5.74, 6) is -0.940. The number of allylic oxidation sites excluding steroid dienone is 2. The van der Waals surface area contributed by atoms with Gasteiger partial charge in [-0.3, -0.25) is 9.59 Å². The van der Waals surface area contributed by atoms with Crippen molar-refractivity contribution >= 4 is 18.0 Å². The van der Waals surface area contributed by atoms with Gasteiger partial charge in [-0.2, -0.15) is 0 Å². The zero-order valence-electron chi connectivity index (χ0n) is 31.9. The van der Waals surface area contributed by atoms with Crippen LogP contribution in [0, 0.1) is 11.8 Å². The summed E-state index contributed by atoms with van der Waals surface area (Å²) in [6.45, 7) is 15.6. The summed E-state index contributed by atoms with van der Waals surface area (Å²) < 4.78 is 41.3. The Bertz CT molecular complexity index is 1210. The lowest BCUT2D eigenvalue weighted by Gasteiger charge is -2.38. The zero-order chi connectivity index (χ0) is 37.1. The van der Waals surface area contributed by atoms with E-state index in [2.05, 4.69) is 19.2 Å². The first-order chi connectivity index (χ1) is 23.7. The molecular formula is C38H62N2O10. The molecule has 2 fully saturated rings. The summed E-state index contributed by atoms with van der Waals surface area (Å²) >= 11 is 0. The Morgan fingerprint density at radius 3 is 2.48 bits per heavy atom. The van der Waals surface area contributed by atoms with E-state index in [1.54, 1.807) is 32.1 Å². The molecule has 0 aromatic heterocycles. The van der Waals surface area contributed by atoms with Crippen molar-refractivity contribution in [1.82, 2.24) is 10.2 Å². The number of methoxy groups -OCH3 is 3. The van der Waals surface area contributed by atoms with Crippen molar-refractivity contribution in [2.75, 3.05) is 47.5 Å². The van der Waals surface area contributed by atoms with Gasteiger partial charge in [-0.25, -0.2) is 4.79 Å². The van der Waals surface area contributed by atoms with Crippen LogP contribution in [0.2, 0.25) is 0 Å². The Hall–Kier alpha value is -2.77. The Morgan fingerprint density at radius 1 is 1.18 bits per heavy atom. The first-order valence-corrected chi connectivity index (χ1v) is 18.0. The molecule has 0 aliphatic carbocycles. The van der Waals surface area contributed by atoms with Gasteiger partial charge in [0.25, 0.3) is 0 Å². The highest BCUT2D eigenvalue weighted by Crippen LogP contribution is 2.39. The molecule has 3 aliphatic heterocycles. The minimum absolute atomic E-state index is 0.0112. The van der Waals surface area contributed by atoms with Crippen LogP contribution < -0.4 is 5.32 Å². The molecule has 12 nitrogen and oxygen atoms in total. The molecule has 0 aromatic carbocycles. The summed E-state index contributed by atoms with van der Waals surface area (Å²) in [6, 6.07) is 0. The molecule has 0 saturated carbocycles. The van der Waals surface area contributed by atoms with Crippen molar-refractivity contribution < 1.29 is 47.5 Å². The van der Waals surface area contributed by atoms with E-state index in [0.717, 1.165) is 12.0 Å². The maximum Gasteiger partial charge on any atom is 0.410 e. The zero-order valence-corrected chi connectivity index (χ0v) is 31.9. The number of esters is 2. The maximum absolute atomic E-state index is 13.3. The van der Waals surface area contributed by atoms with E-state index in [1.807, 2.05) is 45.1 Å². The van der Waals surface area contributed by atoms with Gasteiger partial charge in [0.2, 0.25) is 0 Å². The number of ether oxygens (including phenoxy) is 7. The van der Waals surface area contributed by atoms with Crippen molar-refractivity contribution in [3.63, 3.8) is 0 Å². The Kier molecular flexibility index (Phi) is 16.0. The number of nitrogens with one attached hydrogen (secondary N) is 1. The fourth-order valence-corrected chi connectivity index (χ4v) is 6.89. The molecule has 10 atom stereocenters. The third-order valence-corrected chi connectivity index (χ3v) is 10.4. The third-order valence-electron chi connectivity index (χ3n) is 10.4. The lowest BCUT2D eigenvalue weighted by atomic mass is 9.88. The van der Waals surface area contributed by atoms with Crippen molar-refractivity contribution in [3.8, 4) is 0 Å². The van der Waals surface area contributed by atoms with Gasteiger partial charge in [0.05, 0.1) is 36.4 Å². The maximum atomic E-state index is 13.3. The van der Waals surface area contributed by atoms with E-state index in [1.165, 1.54) is 14.0 Å². The second-order valence-corrected chi connectivity index (χ2v) is 14.4. The fraction of sp³-hybridized carbons (Fsp3) is 0.763. The number of amides is 1. The van der Waals surface area contributed by atoms with Gasteiger partial charge >= 0.3 is 18.0 Å². The molecule has 284 valence electrons. The first-order valence-electron chi connectivity index (χ1n) is 18.0. The molecule has 3 heterocycles. The van der Waals surface area contributed by atoms with Crippen molar-refractivity contribution in [1.29, 1.82) is 0 Å². The number of carbonyl (C=O) groups excluding carboxylic acids is 3. The Balaban J connectivity index is 1.85. The first kappa shape index (κ1) is 41.6. The van der Waals surface area contributed by atoms with Gasteiger partial charge in [-0.1, -0.05) is 45.1 Å². The number of carbonyl (C=O) groups is 3. The molecule has 3 aliphatic rings. The molecule has 0 bridgehead atoms. The van der Waals surface area contributed by atoms with Crippen molar-refractivity contribution in [2.45, 2.75) is 128 Å². The lowest BCUT2D eigenvalue weighted by molar-refractivity contribution is -0.158. The summed E-state index contributed by atoms with van der Waals surface area (Å²) in [4.78, 5) is 40.6. The number of rotatable bonds is 13. The van der Waals surface area contributed by atoms with Gasteiger partial charge in [-0.05, 0) is 51.7 Å². The predicted molar refractivity (Wildman–Crippen MR) is 190 cm³/mol. The largest absolute Gasteiger partial charge is 0.457 e. The van der Waals surface area contributed by atoms with Crippen LogP contribution in [0.1, 0.15) is 80.6 Å². The van der Waals surface area contributed by atoms with Crippen LogP contribution in [-0.2, 0) is 42.7 Å². The number of hydrogen-bond acceptors (Lipinski definition) is 11. The minimum atomic E-state index is -1.22. The summed E-state index contributed by atoms with van der Waals surface area (Å²) in [5.41, 5.74) is -0.983. The monoisotopic (exact) mass is 706 g/mol. The Labute approximate surface area is 299 Å². The average molecular weight is 707 g/mol. The molecule has 1 amide bonds. The third kappa shape index (κ3) is 11.9. The fourth-order valence-electron chi connectivity index (χ4n) is 6.89. The van der Waals surface area contributed by atoms with Crippen LogP contribution in [0.15, 0.2) is 36.0 Å². The minimum Gasteiger partial charge on any atom is -0.457 e. The standard InChI is InChI=1S/C38H62N2O10/c1-11-30(45-9)27(4)35-31(48-35)24-37(6,46-10)17-12-13-25(2)34-26(3)14-15-32(47-28(5)41)38(7,18-16-29(44-8)23-33(42)49-34)50-36(43)40-21-19-39-20-22-40/h12-15,17,26-27,29-32,34-35,39H,11,16,18-24H2,1-10H3/b15-14+,17-12+,25-13+/t26-,27+,29+,30-,31+,32-,34+,35+,37-,38+/m0/s1. The molecular weight excluding hydrogens is 644 g/mol. The van der Waals surface area contributed by atoms with Crippen molar-refractivity contribution in [2.24, 2.45) is 11.8 Å². The van der Waals surface area contributed by atoms with Crippen LogP contribution in [0.5, 0.6) is 0 Å². The van der Waals surface area contributed by atoms with Crippen LogP contribution in [0.25, 0.3) is 0 Å². The molecule has 12 heteroatoms. The SMILES string of the molecule is CC[C@H](OC)[C@@H](C)[C@H]1O[C@@H]1C[C@](C)(/C=C/C=C(\C)[C@H]1OC(=O)C[C@H](OC)CC[C@@](C)(OC(=O)N2CCNCC2)[C@@H](OC(C)=O)/C=C/[C@@H]1C)OC. The van der Waals surface area contributed by atoms with E-state index in [0.29, 0.717) is 39.0 Å². The van der Waals surface area contributed by atoms with Crippen LogP contribution >= 0.6 is 0 Å². The van der Waals surface area contributed by atoms with Gasteiger partial charge in [0.15, 0.2) is 11.7 Å². The van der Waals surface area contributed by atoms with E-state index >= 15 is 0 Å². The smallest absolute Gasteiger partial charge is 0.410 e. The summed E-state index contributed by atoms with van der Waals surface area (Å²) in [6.07, 6.45) is 9.59. The summed E-state index contributed by atoms with van der Waals surface area (Å²) in [5, 5.41) is 3.23. The lowest BCUT2D eigenvalue weighted by Crippen LogP contribution is -2.52. The molecule has 0 radical (unpaired) electrons. The van der Waals surface area contributed by atoms with E-state index in [4.69, 9.17) is 33.2 Å². The number of epoxide rings is 1. The molecule has 0 unspecified atom stereocenters. The van der Waals surface area contributed by atoms with Gasteiger partial charge < -0.3 is 43.4 Å². The molecule has 0 spiro atoms. The van der Waals surface area contributed by atoms with Crippen LogP contribution in [0.4, 0.5) is 4.79 Å². The normalized spacial score (nSPS) is 32.9. The number of cyclic esters (lactones) is 1. The second-order valence-electron chi connectivity index (χ2n) is 14.4. The van der Waals surface area contributed by atoms with Crippen molar-refractivity contribution in [3.05, 3.63) is 36.0 Å². The molecule has 50 heavy (non-hydrogen) atoms. The number of hydrogen-bond donors (Lipinski definition) is 1. The van der Waals surface area contributed by atoms with Crippen LogP contribution in [0.3, 0.4) is 0 Å². The van der Waals surface area contributed by atoms with Gasteiger partial charge in [-0.15, -0.1) is 0 Å². The predicted octanol–water partition coefficient (Wildman–Crippen LogP) is 5.15.